The van der Waals surface area contributed by atoms with Gasteiger partial charge in [0, 0.05) is 9.86 Å². The molecule has 0 aliphatic carbocycles. The van der Waals surface area contributed by atoms with Crippen molar-refractivity contribution in [2.75, 3.05) is 11.1 Å². The molecule has 0 bridgehead atoms. The molecule has 4 N–H and O–H groups in total. The van der Waals surface area contributed by atoms with E-state index in [9.17, 15) is 0 Å². The summed E-state index contributed by atoms with van der Waals surface area (Å²) in [5.74, 6) is 0. The average Bonchev–Trinajstić information content (AvgIpc) is 2.80. The fraction of sp³-hybridized carbons (Fsp3) is 0. The van der Waals surface area contributed by atoms with Gasteiger partial charge < -0.3 is 11.1 Å². The molecule has 3 aromatic rings. The highest BCUT2D eigenvalue weighted by Gasteiger charge is 2.06. The minimum absolute atomic E-state index is 0.624. The molecule has 1 aromatic heterocycles. The first-order chi connectivity index (χ1) is 9.13. The van der Waals surface area contributed by atoms with Crippen LogP contribution >= 0.6 is 27.5 Å². The van der Waals surface area contributed by atoms with E-state index in [-0.39, 0.29) is 0 Å². The van der Waals surface area contributed by atoms with Gasteiger partial charge in [-0.15, -0.1) is 0 Å². The number of aromatic nitrogens is 2. The summed E-state index contributed by atoms with van der Waals surface area (Å²) in [5, 5.41) is 11.7. The predicted molar refractivity (Wildman–Crippen MR) is 82.9 cm³/mol. The van der Waals surface area contributed by atoms with Crippen LogP contribution in [0.3, 0.4) is 0 Å². The molecule has 2 aromatic carbocycles. The van der Waals surface area contributed by atoms with Gasteiger partial charge in [0.2, 0.25) is 0 Å². The summed E-state index contributed by atoms with van der Waals surface area (Å²) in [6, 6.07) is 9.42. The molecule has 3 rings (SSSR count). The van der Waals surface area contributed by atoms with Gasteiger partial charge in [-0.2, -0.15) is 5.10 Å². The van der Waals surface area contributed by atoms with Crippen LogP contribution in [0.15, 0.2) is 41.0 Å². The Hall–Kier alpha value is -1.72. The van der Waals surface area contributed by atoms with Crippen LogP contribution < -0.4 is 11.1 Å². The zero-order valence-electron chi connectivity index (χ0n) is 9.74. The maximum Gasteiger partial charge on any atom is 0.0672 e. The highest BCUT2D eigenvalue weighted by Crippen LogP contribution is 2.32. The van der Waals surface area contributed by atoms with Crippen LogP contribution in [0.4, 0.5) is 17.1 Å². The number of hydrogen-bond acceptors (Lipinski definition) is 3. The maximum atomic E-state index is 6.18. The SMILES string of the molecule is Nc1cc2cn[nH]c2cc1Nc1ccc(Br)cc1Cl. The Morgan fingerprint density at radius 2 is 2.05 bits per heavy atom. The molecule has 0 aliphatic rings. The molecule has 19 heavy (non-hydrogen) atoms. The van der Waals surface area contributed by atoms with Gasteiger partial charge in [0.05, 0.1) is 33.8 Å². The highest BCUT2D eigenvalue weighted by atomic mass is 79.9. The minimum atomic E-state index is 0.624. The lowest BCUT2D eigenvalue weighted by Crippen LogP contribution is -1.96. The van der Waals surface area contributed by atoms with Gasteiger partial charge in [-0.1, -0.05) is 27.5 Å². The second-order valence-corrected chi connectivity index (χ2v) is 5.47. The van der Waals surface area contributed by atoms with Gasteiger partial charge in [-0.05, 0) is 30.3 Å². The van der Waals surface area contributed by atoms with Crippen molar-refractivity contribution in [1.82, 2.24) is 10.2 Å². The van der Waals surface area contributed by atoms with Gasteiger partial charge in [0.15, 0.2) is 0 Å². The number of halogens is 2. The van der Waals surface area contributed by atoms with E-state index in [0.29, 0.717) is 10.7 Å². The molecule has 0 fully saturated rings. The lowest BCUT2D eigenvalue weighted by Gasteiger charge is -2.11. The number of rotatable bonds is 2. The van der Waals surface area contributed by atoms with E-state index >= 15 is 0 Å². The Bertz CT molecular complexity index is 753. The van der Waals surface area contributed by atoms with Crippen LogP contribution in [0.1, 0.15) is 0 Å². The molecule has 0 saturated heterocycles. The number of hydrogen-bond donors (Lipinski definition) is 3. The molecule has 0 spiro atoms. The largest absolute Gasteiger partial charge is 0.397 e. The predicted octanol–water partition coefficient (Wildman–Crippen LogP) is 4.30. The normalized spacial score (nSPS) is 10.8. The quantitative estimate of drug-likeness (QED) is 0.611. The van der Waals surface area contributed by atoms with Gasteiger partial charge in [-0.25, -0.2) is 0 Å². The third-order valence-corrected chi connectivity index (χ3v) is 3.62. The van der Waals surface area contributed by atoms with E-state index < -0.39 is 0 Å². The summed E-state index contributed by atoms with van der Waals surface area (Å²) in [5.41, 5.74) is 9.18. The second-order valence-electron chi connectivity index (χ2n) is 4.15. The topological polar surface area (TPSA) is 66.7 Å². The fourth-order valence-corrected chi connectivity index (χ4v) is 2.57. The molecule has 6 heteroatoms. The number of nitrogens with one attached hydrogen (secondary N) is 2. The standard InChI is InChI=1S/C13H10BrClN4/c14-8-1-2-11(9(15)4-8)18-13-5-12-7(3-10(13)16)6-17-19-12/h1-6,18H,16H2,(H,17,19). The number of benzene rings is 2. The lowest BCUT2D eigenvalue weighted by molar-refractivity contribution is 1.12. The van der Waals surface area contributed by atoms with Gasteiger partial charge in [0.1, 0.15) is 0 Å². The Morgan fingerprint density at radius 3 is 2.84 bits per heavy atom. The van der Waals surface area contributed by atoms with Gasteiger partial charge in [-0.3, -0.25) is 5.10 Å². The molecule has 0 unspecified atom stereocenters. The highest BCUT2D eigenvalue weighted by molar-refractivity contribution is 9.10. The monoisotopic (exact) mass is 336 g/mol. The number of fused-ring (bicyclic) bond motifs is 1. The molecule has 4 nitrogen and oxygen atoms in total. The van der Waals surface area contributed by atoms with Crippen LogP contribution in [0.2, 0.25) is 5.02 Å². The third kappa shape index (κ3) is 2.39. The van der Waals surface area contributed by atoms with Crippen molar-refractivity contribution in [2.24, 2.45) is 0 Å². The summed E-state index contributed by atoms with van der Waals surface area (Å²) in [4.78, 5) is 0. The Morgan fingerprint density at radius 1 is 1.21 bits per heavy atom. The molecule has 0 atom stereocenters. The molecular weight excluding hydrogens is 328 g/mol. The summed E-state index contributed by atoms with van der Waals surface area (Å²) < 4.78 is 0.931. The van der Waals surface area contributed by atoms with Crippen LogP contribution in [-0.4, -0.2) is 10.2 Å². The van der Waals surface area contributed by atoms with Crippen LogP contribution in [0.5, 0.6) is 0 Å². The lowest BCUT2D eigenvalue weighted by atomic mass is 10.2. The van der Waals surface area contributed by atoms with Crippen molar-refractivity contribution < 1.29 is 0 Å². The first-order valence-electron chi connectivity index (χ1n) is 5.58. The number of H-pyrrole nitrogens is 1. The van der Waals surface area contributed by atoms with Crippen molar-refractivity contribution in [2.45, 2.75) is 0 Å². The molecule has 0 radical (unpaired) electrons. The molecule has 0 saturated carbocycles. The van der Waals surface area contributed by atoms with E-state index in [1.54, 1.807) is 6.20 Å². The van der Waals surface area contributed by atoms with Crippen molar-refractivity contribution >= 4 is 55.5 Å². The number of aromatic amines is 1. The van der Waals surface area contributed by atoms with Crippen LogP contribution in [0, 0.1) is 0 Å². The van der Waals surface area contributed by atoms with Crippen LogP contribution in [-0.2, 0) is 0 Å². The summed E-state index contributed by atoms with van der Waals surface area (Å²) in [7, 11) is 0. The summed E-state index contributed by atoms with van der Waals surface area (Å²) in [6.07, 6.45) is 1.74. The van der Waals surface area contributed by atoms with E-state index in [0.717, 1.165) is 26.8 Å². The molecular formula is C13H10BrClN4. The average molecular weight is 338 g/mol. The zero-order valence-corrected chi connectivity index (χ0v) is 12.1. The Balaban J connectivity index is 2.02. The van der Waals surface area contributed by atoms with E-state index in [4.69, 9.17) is 17.3 Å². The Labute approximate surface area is 123 Å². The number of nitrogens with zero attached hydrogens (tertiary/aromatic N) is 1. The third-order valence-electron chi connectivity index (χ3n) is 2.81. The minimum Gasteiger partial charge on any atom is -0.397 e. The molecule has 0 amide bonds. The van der Waals surface area contributed by atoms with E-state index in [1.807, 2.05) is 30.3 Å². The van der Waals surface area contributed by atoms with Crippen molar-refractivity contribution in [3.8, 4) is 0 Å². The van der Waals surface area contributed by atoms with Crippen molar-refractivity contribution in [1.29, 1.82) is 0 Å². The number of nitrogens with two attached hydrogens (primary N) is 1. The van der Waals surface area contributed by atoms with Gasteiger partial charge >= 0.3 is 0 Å². The first-order valence-corrected chi connectivity index (χ1v) is 6.75. The zero-order chi connectivity index (χ0) is 13.4. The fourth-order valence-electron chi connectivity index (χ4n) is 1.85. The molecule has 96 valence electrons. The van der Waals surface area contributed by atoms with Crippen molar-refractivity contribution in [3.63, 3.8) is 0 Å². The van der Waals surface area contributed by atoms with E-state index in [2.05, 4.69) is 31.4 Å². The molecule has 0 aliphatic heterocycles. The number of anilines is 3. The summed E-state index contributed by atoms with van der Waals surface area (Å²) >= 11 is 9.55. The number of nitrogen functional groups attached to an aromatic ring is 1. The van der Waals surface area contributed by atoms with Gasteiger partial charge in [0.25, 0.3) is 0 Å². The molecule has 1 heterocycles. The van der Waals surface area contributed by atoms with Crippen molar-refractivity contribution in [3.05, 3.63) is 46.0 Å². The smallest absolute Gasteiger partial charge is 0.0672 e. The van der Waals surface area contributed by atoms with Crippen LogP contribution in [0.25, 0.3) is 10.9 Å². The maximum absolute atomic E-state index is 6.18. The second kappa shape index (κ2) is 4.75. The summed E-state index contributed by atoms with van der Waals surface area (Å²) in [6.45, 7) is 0. The van der Waals surface area contributed by atoms with E-state index in [1.165, 1.54) is 0 Å². The first kappa shape index (κ1) is 12.3. The Kier molecular flexibility index (Phi) is 3.08.